The van der Waals surface area contributed by atoms with Gasteiger partial charge in [-0.1, -0.05) is 18.6 Å². The third-order valence-corrected chi connectivity index (χ3v) is 5.50. The Morgan fingerprint density at radius 2 is 2.16 bits per heavy atom. The van der Waals surface area contributed by atoms with Crippen molar-refractivity contribution in [2.75, 3.05) is 27.3 Å². The van der Waals surface area contributed by atoms with Gasteiger partial charge in [0.25, 0.3) is 0 Å². The molecule has 1 aromatic carbocycles. The number of aliphatic carboxylic acids is 1. The van der Waals surface area contributed by atoms with E-state index in [2.05, 4.69) is 5.32 Å². The Balaban J connectivity index is 1.66. The molecule has 7 nitrogen and oxygen atoms in total. The summed E-state index contributed by atoms with van der Waals surface area (Å²) in [6.45, 7) is 1.09. The van der Waals surface area contributed by atoms with Crippen LogP contribution >= 0.6 is 0 Å². The molecule has 0 bridgehead atoms. The molecule has 7 heteroatoms. The molecule has 136 valence electrons. The van der Waals surface area contributed by atoms with Gasteiger partial charge in [0.15, 0.2) is 11.5 Å². The van der Waals surface area contributed by atoms with Crippen LogP contribution in [0.25, 0.3) is 0 Å². The van der Waals surface area contributed by atoms with Gasteiger partial charge in [-0.3, -0.25) is 4.79 Å². The van der Waals surface area contributed by atoms with Crippen LogP contribution in [0, 0.1) is 11.3 Å². The molecular formula is C18H24N2O5. The maximum absolute atomic E-state index is 12.5. The van der Waals surface area contributed by atoms with Gasteiger partial charge >= 0.3 is 12.0 Å². The van der Waals surface area contributed by atoms with Crippen molar-refractivity contribution in [3.05, 3.63) is 23.8 Å². The van der Waals surface area contributed by atoms with Crippen LogP contribution in [-0.2, 0) is 11.3 Å². The lowest BCUT2D eigenvalue weighted by Crippen LogP contribution is -2.41. The fourth-order valence-corrected chi connectivity index (χ4v) is 4.17. The van der Waals surface area contributed by atoms with E-state index in [0.29, 0.717) is 31.0 Å². The lowest BCUT2D eigenvalue weighted by Gasteiger charge is -2.23. The van der Waals surface area contributed by atoms with E-state index in [4.69, 9.17) is 9.47 Å². The molecule has 1 saturated heterocycles. The number of urea groups is 1. The molecule has 1 aliphatic carbocycles. The maximum Gasteiger partial charge on any atom is 0.317 e. The van der Waals surface area contributed by atoms with E-state index >= 15 is 0 Å². The summed E-state index contributed by atoms with van der Waals surface area (Å²) in [5.41, 5.74) is 0.0490. The van der Waals surface area contributed by atoms with Crippen LogP contribution < -0.4 is 14.8 Å². The number of hydrogen-bond donors (Lipinski definition) is 2. The molecular weight excluding hydrogens is 324 g/mol. The quantitative estimate of drug-likeness (QED) is 0.851. The number of methoxy groups -OCH3 is 2. The van der Waals surface area contributed by atoms with Gasteiger partial charge in [-0.2, -0.15) is 0 Å². The lowest BCUT2D eigenvalue weighted by atomic mass is 9.81. The van der Waals surface area contributed by atoms with Crippen LogP contribution in [-0.4, -0.2) is 49.3 Å². The van der Waals surface area contributed by atoms with Crippen LogP contribution in [0.3, 0.4) is 0 Å². The molecule has 1 saturated carbocycles. The third-order valence-electron chi connectivity index (χ3n) is 5.50. The first kappa shape index (κ1) is 17.4. The molecule has 0 aromatic heterocycles. The van der Waals surface area contributed by atoms with E-state index in [1.54, 1.807) is 25.2 Å². The van der Waals surface area contributed by atoms with Gasteiger partial charge in [0.2, 0.25) is 0 Å². The first-order chi connectivity index (χ1) is 12.0. The second-order valence-electron chi connectivity index (χ2n) is 6.74. The molecule has 2 aliphatic rings. The first-order valence-corrected chi connectivity index (χ1v) is 8.48. The van der Waals surface area contributed by atoms with Gasteiger partial charge in [-0.05, 0) is 24.8 Å². The second kappa shape index (κ2) is 6.82. The van der Waals surface area contributed by atoms with Crippen molar-refractivity contribution in [1.82, 2.24) is 10.2 Å². The number of para-hydroxylation sites is 1. The Kier molecular flexibility index (Phi) is 4.74. The Morgan fingerprint density at radius 1 is 1.36 bits per heavy atom. The number of carbonyl (C=O) groups excluding carboxylic acids is 1. The molecule has 0 unspecified atom stereocenters. The molecule has 2 N–H and O–H groups in total. The van der Waals surface area contributed by atoms with Crippen molar-refractivity contribution in [2.45, 2.75) is 25.8 Å². The number of carboxylic acids is 1. The molecule has 1 aliphatic heterocycles. The Hall–Kier alpha value is -2.44. The number of nitrogens with zero attached hydrogens (tertiary/aromatic N) is 1. The minimum Gasteiger partial charge on any atom is -0.493 e. The summed E-state index contributed by atoms with van der Waals surface area (Å²) in [6.07, 6.45) is 2.45. The standard InChI is InChI=1S/C18H24N2O5/c1-24-14-7-3-5-12(15(14)25-2)9-19-17(23)20-10-13-6-4-8-18(13,11-20)16(21)22/h3,5,7,13H,4,6,8-11H2,1-2H3,(H,19,23)(H,21,22)/t13-,18+/m0/s1. The van der Waals surface area contributed by atoms with Gasteiger partial charge in [0.1, 0.15) is 0 Å². The average Bonchev–Trinajstić information content (AvgIpc) is 3.17. The van der Waals surface area contributed by atoms with Crippen LogP contribution in [0.5, 0.6) is 11.5 Å². The van der Waals surface area contributed by atoms with Gasteiger partial charge in [0, 0.05) is 25.2 Å². The minimum atomic E-state index is -0.778. The number of fused-ring (bicyclic) bond motifs is 1. The number of carbonyl (C=O) groups is 2. The summed E-state index contributed by atoms with van der Waals surface area (Å²) in [5.74, 6) is 0.474. The van der Waals surface area contributed by atoms with Crippen molar-refractivity contribution in [1.29, 1.82) is 0 Å². The fraction of sp³-hybridized carbons (Fsp3) is 0.556. The fourth-order valence-electron chi connectivity index (χ4n) is 4.17. The number of benzene rings is 1. The number of likely N-dealkylation sites (tertiary alicyclic amines) is 1. The predicted molar refractivity (Wildman–Crippen MR) is 90.8 cm³/mol. The number of nitrogens with one attached hydrogen (secondary N) is 1. The zero-order valence-corrected chi connectivity index (χ0v) is 14.6. The van der Waals surface area contributed by atoms with Crippen molar-refractivity contribution in [2.24, 2.45) is 11.3 Å². The minimum absolute atomic E-state index is 0.0575. The SMILES string of the molecule is COc1cccc(CNC(=O)N2C[C@@H]3CCC[C@@]3(C(=O)O)C2)c1OC. The van der Waals surface area contributed by atoms with E-state index < -0.39 is 11.4 Å². The summed E-state index contributed by atoms with van der Waals surface area (Å²) in [7, 11) is 3.12. The lowest BCUT2D eigenvalue weighted by molar-refractivity contribution is -0.149. The van der Waals surface area contributed by atoms with Gasteiger partial charge in [0.05, 0.1) is 19.6 Å². The number of ether oxygens (including phenoxy) is 2. The second-order valence-corrected chi connectivity index (χ2v) is 6.74. The van der Waals surface area contributed by atoms with E-state index in [9.17, 15) is 14.7 Å². The highest BCUT2D eigenvalue weighted by Crippen LogP contribution is 2.48. The molecule has 0 radical (unpaired) electrons. The summed E-state index contributed by atoms with van der Waals surface area (Å²) in [4.78, 5) is 25.9. The summed E-state index contributed by atoms with van der Waals surface area (Å²) in [6, 6.07) is 5.25. The molecule has 25 heavy (non-hydrogen) atoms. The van der Waals surface area contributed by atoms with Gasteiger partial charge in [-0.15, -0.1) is 0 Å². The van der Waals surface area contributed by atoms with Crippen LogP contribution in [0.15, 0.2) is 18.2 Å². The van der Waals surface area contributed by atoms with E-state index in [-0.39, 0.29) is 18.5 Å². The van der Waals surface area contributed by atoms with Crippen LogP contribution in [0.4, 0.5) is 4.79 Å². The molecule has 2 amide bonds. The zero-order valence-electron chi connectivity index (χ0n) is 14.6. The normalized spacial score (nSPS) is 24.7. The van der Waals surface area contributed by atoms with Crippen LogP contribution in [0.2, 0.25) is 0 Å². The number of hydrogen-bond acceptors (Lipinski definition) is 4. The number of amides is 2. The molecule has 0 spiro atoms. The number of rotatable bonds is 5. The van der Waals surface area contributed by atoms with Crippen molar-refractivity contribution in [3.63, 3.8) is 0 Å². The molecule has 2 fully saturated rings. The summed E-state index contributed by atoms with van der Waals surface area (Å²) < 4.78 is 10.6. The van der Waals surface area contributed by atoms with E-state index in [1.807, 2.05) is 12.1 Å². The topological polar surface area (TPSA) is 88.1 Å². The predicted octanol–water partition coefficient (Wildman–Crippen LogP) is 2.10. The molecule has 3 rings (SSSR count). The monoisotopic (exact) mass is 348 g/mol. The Morgan fingerprint density at radius 3 is 2.80 bits per heavy atom. The number of carboxylic acid groups (broad SMARTS) is 1. The molecule has 1 aromatic rings. The third kappa shape index (κ3) is 2.99. The average molecular weight is 348 g/mol. The maximum atomic E-state index is 12.5. The highest BCUT2D eigenvalue weighted by molar-refractivity contribution is 5.80. The Labute approximate surface area is 146 Å². The van der Waals surface area contributed by atoms with E-state index in [0.717, 1.165) is 18.4 Å². The van der Waals surface area contributed by atoms with Crippen molar-refractivity contribution >= 4 is 12.0 Å². The van der Waals surface area contributed by atoms with Crippen LogP contribution in [0.1, 0.15) is 24.8 Å². The van der Waals surface area contributed by atoms with E-state index in [1.165, 1.54) is 0 Å². The summed E-state index contributed by atoms with van der Waals surface area (Å²) in [5, 5.41) is 12.5. The largest absolute Gasteiger partial charge is 0.493 e. The van der Waals surface area contributed by atoms with Crippen molar-refractivity contribution in [3.8, 4) is 11.5 Å². The molecule has 2 atom stereocenters. The van der Waals surface area contributed by atoms with Crippen molar-refractivity contribution < 1.29 is 24.2 Å². The van der Waals surface area contributed by atoms with Gasteiger partial charge < -0.3 is 24.8 Å². The summed E-state index contributed by atoms with van der Waals surface area (Å²) >= 11 is 0. The van der Waals surface area contributed by atoms with Gasteiger partial charge in [-0.25, -0.2) is 4.79 Å². The highest BCUT2D eigenvalue weighted by Gasteiger charge is 2.55. The zero-order chi connectivity index (χ0) is 18.0. The first-order valence-electron chi connectivity index (χ1n) is 8.48. The molecule has 1 heterocycles. The smallest absolute Gasteiger partial charge is 0.317 e. The Bertz CT molecular complexity index is 677. The highest BCUT2D eigenvalue weighted by atomic mass is 16.5.